The number of halogens is 4. The second-order valence-electron chi connectivity index (χ2n) is 10.1. The molecule has 0 unspecified atom stereocenters. The van der Waals surface area contributed by atoms with Crippen LogP contribution in [0, 0.1) is 11.7 Å². The number of rotatable bonds is 8. The van der Waals surface area contributed by atoms with Crippen molar-refractivity contribution in [3.63, 3.8) is 0 Å². The molecule has 5 rings (SSSR count). The van der Waals surface area contributed by atoms with E-state index in [9.17, 15) is 18.7 Å². The van der Waals surface area contributed by atoms with E-state index in [-0.39, 0.29) is 30.5 Å². The Morgan fingerprint density at radius 2 is 1.74 bits per heavy atom. The van der Waals surface area contributed by atoms with Crippen LogP contribution in [-0.2, 0) is 12.8 Å². The molecule has 200 valence electrons. The van der Waals surface area contributed by atoms with Crippen molar-refractivity contribution < 1.29 is 18.7 Å². The minimum atomic E-state index is -0.942. The Morgan fingerprint density at radius 3 is 2.42 bits per heavy atom. The van der Waals surface area contributed by atoms with Gasteiger partial charge in [-0.05, 0) is 101 Å². The summed E-state index contributed by atoms with van der Waals surface area (Å²) < 4.78 is 26.3. The van der Waals surface area contributed by atoms with Gasteiger partial charge in [0.2, 0.25) is 0 Å². The number of hydrogen-bond donors (Lipinski definition) is 1. The highest BCUT2D eigenvalue weighted by Gasteiger charge is 2.26. The molecule has 0 aromatic heterocycles. The normalized spacial score (nSPS) is 15.9. The Balaban J connectivity index is 0.00000336. The summed E-state index contributed by atoms with van der Waals surface area (Å²) in [4.78, 5) is 13.9. The molecule has 0 spiro atoms. The topological polar surface area (TPSA) is 40.5 Å². The van der Waals surface area contributed by atoms with Crippen LogP contribution in [0.2, 0.25) is 5.02 Å². The zero-order valence-corrected chi connectivity index (χ0v) is 22.6. The average molecular weight is 558 g/mol. The molecule has 1 aliphatic carbocycles. The quantitative estimate of drug-likeness (QED) is 0.308. The number of nitrogens with zero attached hydrogens (tertiary/aromatic N) is 1. The number of carboxylic acid groups (broad SMARTS) is 1. The minimum absolute atomic E-state index is 0. The van der Waals surface area contributed by atoms with Crippen LogP contribution >= 0.6 is 24.0 Å². The van der Waals surface area contributed by atoms with Crippen molar-refractivity contribution in [2.45, 2.75) is 32.1 Å². The van der Waals surface area contributed by atoms with Crippen molar-refractivity contribution in [2.24, 2.45) is 5.92 Å². The predicted octanol–water partition coefficient (Wildman–Crippen LogP) is 7.73. The third-order valence-electron chi connectivity index (χ3n) is 7.46. The fraction of sp³-hybridized carbons (Fsp3) is 0.323. The molecule has 1 saturated heterocycles. The number of carboxylic acids is 1. The van der Waals surface area contributed by atoms with Crippen LogP contribution in [0.3, 0.4) is 0 Å². The van der Waals surface area contributed by atoms with Gasteiger partial charge in [-0.3, -0.25) is 4.39 Å². The third-order valence-corrected chi connectivity index (χ3v) is 7.77. The molecule has 0 bridgehead atoms. The largest absolute Gasteiger partial charge is 0.478 e. The Bertz CT molecular complexity index is 1330. The number of likely N-dealkylation sites (tertiary alicyclic amines) is 1. The lowest BCUT2D eigenvalue weighted by Gasteiger charge is -2.39. The second kappa shape index (κ2) is 12.4. The Labute approximate surface area is 233 Å². The third kappa shape index (κ3) is 6.12. The van der Waals surface area contributed by atoms with Gasteiger partial charge < -0.3 is 10.0 Å². The molecule has 3 aromatic carbocycles. The lowest BCUT2D eigenvalue weighted by atomic mass is 9.86. The van der Waals surface area contributed by atoms with Crippen LogP contribution in [-0.4, -0.2) is 42.3 Å². The number of alkyl halides is 1. The van der Waals surface area contributed by atoms with Gasteiger partial charge in [0, 0.05) is 19.6 Å². The van der Waals surface area contributed by atoms with E-state index in [1.807, 2.05) is 6.07 Å². The van der Waals surface area contributed by atoms with E-state index in [0.29, 0.717) is 17.4 Å². The van der Waals surface area contributed by atoms with Gasteiger partial charge in [0.15, 0.2) is 0 Å². The predicted molar refractivity (Wildman–Crippen MR) is 152 cm³/mol. The van der Waals surface area contributed by atoms with Gasteiger partial charge in [0.25, 0.3) is 0 Å². The smallest absolute Gasteiger partial charge is 0.335 e. The van der Waals surface area contributed by atoms with Gasteiger partial charge in [-0.2, -0.15) is 0 Å². The summed E-state index contributed by atoms with van der Waals surface area (Å²) in [6.07, 6.45) is 3.92. The number of aromatic carboxylic acids is 1. The van der Waals surface area contributed by atoms with Crippen molar-refractivity contribution in [3.05, 3.63) is 105 Å². The highest BCUT2D eigenvalue weighted by atomic mass is 35.5. The summed E-state index contributed by atoms with van der Waals surface area (Å²) in [6.45, 7) is 2.60. The molecule has 7 heteroatoms. The first kappa shape index (κ1) is 28.3. The molecule has 0 saturated carbocycles. The second-order valence-corrected chi connectivity index (χ2v) is 10.5. The summed E-state index contributed by atoms with van der Waals surface area (Å²) in [6, 6.07) is 18.4. The van der Waals surface area contributed by atoms with Gasteiger partial charge >= 0.3 is 5.97 Å². The van der Waals surface area contributed by atoms with Crippen molar-refractivity contribution >= 4 is 41.1 Å². The zero-order chi connectivity index (χ0) is 25.9. The van der Waals surface area contributed by atoms with Crippen molar-refractivity contribution in [1.29, 1.82) is 0 Å². The van der Waals surface area contributed by atoms with Crippen LogP contribution < -0.4 is 0 Å². The van der Waals surface area contributed by atoms with Crippen LogP contribution in [0.4, 0.5) is 8.78 Å². The first-order valence-corrected chi connectivity index (χ1v) is 13.2. The van der Waals surface area contributed by atoms with Gasteiger partial charge in [-0.15, -0.1) is 12.4 Å². The van der Waals surface area contributed by atoms with E-state index in [2.05, 4.69) is 29.2 Å². The fourth-order valence-electron chi connectivity index (χ4n) is 5.67. The zero-order valence-electron chi connectivity index (χ0n) is 21.1. The maximum atomic E-state index is 13.9. The summed E-state index contributed by atoms with van der Waals surface area (Å²) in [5.74, 6) is -0.728. The van der Waals surface area contributed by atoms with E-state index in [4.69, 9.17) is 11.6 Å². The molecule has 0 amide bonds. The van der Waals surface area contributed by atoms with Gasteiger partial charge in [0.05, 0.1) is 17.3 Å². The Hall–Kier alpha value is -2.73. The number of allylic oxidation sites excluding steroid dienone is 1. The summed E-state index contributed by atoms with van der Waals surface area (Å²) in [5, 5.41) is 9.91. The van der Waals surface area contributed by atoms with E-state index in [0.717, 1.165) is 78.7 Å². The van der Waals surface area contributed by atoms with Gasteiger partial charge in [-0.1, -0.05) is 48.0 Å². The first-order valence-electron chi connectivity index (χ1n) is 12.9. The number of fused-ring (bicyclic) bond motifs is 1. The van der Waals surface area contributed by atoms with Crippen LogP contribution in [0.15, 0.2) is 60.7 Å². The summed E-state index contributed by atoms with van der Waals surface area (Å²) in [5.41, 5.74) is 7.42. The van der Waals surface area contributed by atoms with E-state index >= 15 is 0 Å². The fourth-order valence-corrected chi connectivity index (χ4v) is 5.95. The molecule has 38 heavy (non-hydrogen) atoms. The van der Waals surface area contributed by atoms with Gasteiger partial charge in [0.1, 0.15) is 5.82 Å². The lowest BCUT2D eigenvalue weighted by Crippen LogP contribution is -2.47. The molecule has 1 aliphatic heterocycles. The molecule has 1 heterocycles. The number of carbonyl (C=O) groups is 1. The molecule has 3 nitrogen and oxygen atoms in total. The molecule has 2 aliphatic rings. The van der Waals surface area contributed by atoms with Crippen LogP contribution in [0.1, 0.15) is 57.4 Å². The minimum Gasteiger partial charge on any atom is -0.478 e. The SMILES string of the molecule is Cl.O=C(O)c1ccc2c(c1)CCCC(c1ccc(F)cc1Cl)=C2c1ccc(CC2CN(CCCF)C2)cc1. The van der Waals surface area contributed by atoms with Crippen molar-refractivity contribution in [3.8, 4) is 0 Å². The highest BCUT2D eigenvalue weighted by molar-refractivity contribution is 6.32. The van der Waals surface area contributed by atoms with Crippen LogP contribution in [0.25, 0.3) is 11.1 Å². The lowest BCUT2D eigenvalue weighted by molar-refractivity contribution is 0.0696. The Morgan fingerprint density at radius 1 is 1.00 bits per heavy atom. The molecule has 1 N–H and O–H groups in total. The maximum absolute atomic E-state index is 13.9. The number of hydrogen-bond acceptors (Lipinski definition) is 2. The molecule has 0 atom stereocenters. The van der Waals surface area contributed by atoms with Crippen LogP contribution in [0.5, 0.6) is 0 Å². The van der Waals surface area contributed by atoms with Gasteiger partial charge in [-0.25, -0.2) is 9.18 Å². The molecule has 3 aromatic rings. The van der Waals surface area contributed by atoms with Crippen molar-refractivity contribution in [2.75, 3.05) is 26.3 Å². The van der Waals surface area contributed by atoms with E-state index in [1.54, 1.807) is 18.2 Å². The standard InChI is InChI=1S/C31H30ClF2NO2.ClH/c32-29-17-25(34)10-12-27(29)28-4-1-3-23-16-24(31(36)37)9-11-26(23)30(28)22-7-5-20(6-8-22)15-21-18-35(19-21)14-2-13-33;/h5-12,16-17,21H,1-4,13-15,18-19H2,(H,36,37);1H. The average Bonchev–Trinajstić information content (AvgIpc) is 3.04. The maximum Gasteiger partial charge on any atom is 0.335 e. The monoisotopic (exact) mass is 557 g/mol. The molecule has 0 radical (unpaired) electrons. The summed E-state index contributed by atoms with van der Waals surface area (Å²) >= 11 is 6.53. The first-order chi connectivity index (χ1) is 17.9. The molecular formula is C31H31Cl2F2NO2. The Kier molecular flexibility index (Phi) is 9.24. The molecular weight excluding hydrogens is 527 g/mol. The molecule has 1 fully saturated rings. The van der Waals surface area contributed by atoms with E-state index < -0.39 is 5.97 Å². The van der Waals surface area contributed by atoms with Crippen molar-refractivity contribution in [1.82, 2.24) is 4.90 Å². The highest BCUT2D eigenvalue weighted by Crippen LogP contribution is 2.42. The number of benzene rings is 3. The summed E-state index contributed by atoms with van der Waals surface area (Å²) in [7, 11) is 0. The number of aryl methyl sites for hydroxylation is 1. The van der Waals surface area contributed by atoms with E-state index in [1.165, 1.54) is 17.7 Å².